The Morgan fingerprint density at radius 1 is 1.20 bits per heavy atom. The van der Waals surface area contributed by atoms with E-state index in [1.54, 1.807) is 12.1 Å². The number of carbonyl (C=O) groups excluding carboxylic acids is 2. The molecule has 8 heteroatoms. The number of rotatable bonds is 6. The summed E-state index contributed by atoms with van der Waals surface area (Å²) in [6.45, 7) is 3.46. The first-order valence-corrected chi connectivity index (χ1v) is 10.3. The van der Waals surface area contributed by atoms with Crippen LogP contribution in [0, 0.1) is 5.41 Å². The third-order valence-corrected chi connectivity index (χ3v) is 6.34. The lowest BCUT2D eigenvalue weighted by Gasteiger charge is -2.24. The topological polar surface area (TPSA) is 92.3 Å². The number of hydrogen-bond donors (Lipinski definition) is 2. The molecule has 0 saturated carbocycles. The van der Waals surface area contributed by atoms with Crippen molar-refractivity contribution < 1.29 is 18.0 Å². The summed E-state index contributed by atoms with van der Waals surface area (Å²) in [5.74, 6) is -0.836. The molecule has 138 valence electrons. The minimum atomic E-state index is -3.08. The van der Waals surface area contributed by atoms with Gasteiger partial charge in [-0.1, -0.05) is 23.7 Å². The van der Waals surface area contributed by atoms with Gasteiger partial charge in [-0.15, -0.1) is 0 Å². The predicted molar refractivity (Wildman–Crippen MR) is 97.1 cm³/mol. The maximum absolute atomic E-state index is 12.4. The monoisotopic (exact) mass is 386 g/mol. The van der Waals surface area contributed by atoms with Crippen LogP contribution in [0.2, 0.25) is 5.02 Å². The van der Waals surface area contributed by atoms with Crippen LogP contribution in [-0.4, -0.2) is 44.3 Å². The van der Waals surface area contributed by atoms with E-state index < -0.39 is 27.2 Å². The second-order valence-corrected chi connectivity index (χ2v) is 9.50. The number of carbonyl (C=O) groups is 2. The van der Waals surface area contributed by atoms with Crippen molar-refractivity contribution in [3.8, 4) is 0 Å². The minimum Gasteiger partial charge on any atom is -0.355 e. The Labute approximate surface area is 153 Å². The van der Waals surface area contributed by atoms with Crippen molar-refractivity contribution in [2.75, 3.05) is 18.1 Å². The molecule has 1 aliphatic heterocycles. The zero-order valence-electron chi connectivity index (χ0n) is 14.3. The first-order chi connectivity index (χ1) is 11.6. The van der Waals surface area contributed by atoms with Gasteiger partial charge in [-0.2, -0.15) is 0 Å². The summed E-state index contributed by atoms with van der Waals surface area (Å²) in [6.07, 6.45) is 1.02. The number of halogens is 1. The van der Waals surface area contributed by atoms with Crippen molar-refractivity contribution in [2.45, 2.75) is 32.7 Å². The highest BCUT2D eigenvalue weighted by Crippen LogP contribution is 2.18. The van der Waals surface area contributed by atoms with E-state index in [-0.39, 0.29) is 17.4 Å². The van der Waals surface area contributed by atoms with Crippen LogP contribution in [-0.2, 0) is 25.8 Å². The van der Waals surface area contributed by atoms with Crippen molar-refractivity contribution in [3.05, 3.63) is 34.9 Å². The number of benzene rings is 1. The SMILES string of the molecule is CC(C)(C(=O)NCCc1ccc(Cl)cc1)C(=O)NC1CCS(=O)(=O)C1. The second kappa shape index (κ2) is 7.74. The van der Waals surface area contributed by atoms with E-state index in [9.17, 15) is 18.0 Å². The fraction of sp³-hybridized carbons (Fsp3) is 0.529. The maximum atomic E-state index is 12.4. The van der Waals surface area contributed by atoms with Crippen LogP contribution in [0.15, 0.2) is 24.3 Å². The van der Waals surface area contributed by atoms with Crippen molar-refractivity contribution in [3.63, 3.8) is 0 Å². The molecule has 1 fully saturated rings. The molecule has 2 amide bonds. The van der Waals surface area contributed by atoms with E-state index >= 15 is 0 Å². The van der Waals surface area contributed by atoms with Crippen LogP contribution in [0.3, 0.4) is 0 Å². The molecule has 0 aliphatic carbocycles. The van der Waals surface area contributed by atoms with Crippen molar-refractivity contribution >= 4 is 33.3 Å². The van der Waals surface area contributed by atoms with E-state index in [0.717, 1.165) is 5.56 Å². The summed E-state index contributed by atoms with van der Waals surface area (Å²) in [7, 11) is -3.08. The van der Waals surface area contributed by atoms with Crippen molar-refractivity contribution in [1.29, 1.82) is 0 Å². The molecule has 1 atom stereocenters. The van der Waals surface area contributed by atoms with Crippen LogP contribution in [0.1, 0.15) is 25.8 Å². The minimum absolute atomic E-state index is 0.0625. The lowest BCUT2D eigenvalue weighted by molar-refractivity contribution is -0.141. The summed E-state index contributed by atoms with van der Waals surface area (Å²) >= 11 is 5.83. The van der Waals surface area contributed by atoms with Crippen molar-refractivity contribution in [2.24, 2.45) is 5.41 Å². The Hall–Kier alpha value is -1.60. The molecular formula is C17H23ClN2O4S. The van der Waals surface area contributed by atoms with Crippen LogP contribution in [0.25, 0.3) is 0 Å². The van der Waals surface area contributed by atoms with Gasteiger partial charge in [0.2, 0.25) is 11.8 Å². The molecule has 1 aromatic carbocycles. The van der Waals surface area contributed by atoms with E-state index in [0.29, 0.717) is 24.4 Å². The molecule has 1 aromatic rings. The van der Waals surface area contributed by atoms with Gasteiger partial charge in [-0.25, -0.2) is 8.42 Å². The largest absolute Gasteiger partial charge is 0.355 e. The summed E-state index contributed by atoms with van der Waals surface area (Å²) in [5, 5.41) is 6.09. The van der Waals surface area contributed by atoms with E-state index in [2.05, 4.69) is 10.6 Å². The molecule has 1 aliphatic rings. The highest BCUT2D eigenvalue weighted by Gasteiger charge is 2.38. The van der Waals surface area contributed by atoms with Gasteiger partial charge < -0.3 is 10.6 Å². The van der Waals surface area contributed by atoms with Gasteiger partial charge in [-0.3, -0.25) is 9.59 Å². The average molecular weight is 387 g/mol. The number of sulfone groups is 1. The average Bonchev–Trinajstić information content (AvgIpc) is 2.87. The van der Waals surface area contributed by atoms with E-state index in [1.165, 1.54) is 13.8 Å². The van der Waals surface area contributed by atoms with Crippen LogP contribution in [0.4, 0.5) is 0 Å². The van der Waals surface area contributed by atoms with E-state index in [1.807, 2.05) is 12.1 Å². The Kier molecular flexibility index (Phi) is 6.11. The molecule has 2 N–H and O–H groups in total. The zero-order chi connectivity index (χ0) is 18.7. The highest BCUT2D eigenvalue weighted by molar-refractivity contribution is 7.91. The third kappa shape index (κ3) is 5.44. The Balaban J connectivity index is 1.84. The number of amides is 2. The fourth-order valence-electron chi connectivity index (χ4n) is 2.57. The van der Waals surface area contributed by atoms with Gasteiger partial charge >= 0.3 is 0 Å². The van der Waals surface area contributed by atoms with Gasteiger partial charge in [0, 0.05) is 17.6 Å². The Morgan fingerprint density at radius 2 is 1.84 bits per heavy atom. The normalized spacial score (nSPS) is 19.4. The van der Waals surface area contributed by atoms with Gasteiger partial charge in [0.25, 0.3) is 0 Å². The smallest absolute Gasteiger partial charge is 0.235 e. The van der Waals surface area contributed by atoms with Gasteiger partial charge in [0.05, 0.1) is 11.5 Å². The first-order valence-electron chi connectivity index (χ1n) is 8.14. The fourth-order valence-corrected chi connectivity index (χ4v) is 4.37. The lowest BCUT2D eigenvalue weighted by Crippen LogP contribution is -2.51. The number of hydrogen-bond acceptors (Lipinski definition) is 4. The Morgan fingerprint density at radius 3 is 2.40 bits per heavy atom. The van der Waals surface area contributed by atoms with Gasteiger partial charge in [0.15, 0.2) is 9.84 Å². The summed E-state index contributed by atoms with van der Waals surface area (Å²) in [6, 6.07) is 6.91. The Bertz CT molecular complexity index is 744. The third-order valence-electron chi connectivity index (χ3n) is 4.32. The standard InChI is InChI=1S/C17H23ClN2O4S/c1-17(2,16(22)20-14-8-10-25(23,24)11-14)15(21)19-9-7-12-3-5-13(18)6-4-12/h3-6,14H,7-11H2,1-2H3,(H,19,21)(H,20,22). The summed E-state index contributed by atoms with van der Waals surface area (Å²) in [5.41, 5.74) is -0.241. The van der Waals surface area contributed by atoms with Gasteiger partial charge in [0.1, 0.15) is 5.41 Å². The molecule has 6 nitrogen and oxygen atoms in total. The van der Waals surface area contributed by atoms with Gasteiger partial charge in [-0.05, 0) is 44.4 Å². The predicted octanol–water partition coefficient (Wildman–Crippen LogP) is 1.33. The maximum Gasteiger partial charge on any atom is 0.235 e. The highest BCUT2D eigenvalue weighted by atomic mass is 35.5. The quantitative estimate of drug-likeness (QED) is 0.721. The molecule has 1 heterocycles. The summed E-state index contributed by atoms with van der Waals surface area (Å²) in [4.78, 5) is 24.7. The molecule has 1 saturated heterocycles. The lowest BCUT2D eigenvalue weighted by atomic mass is 9.90. The molecular weight excluding hydrogens is 364 g/mol. The molecule has 0 radical (unpaired) electrons. The molecule has 25 heavy (non-hydrogen) atoms. The molecule has 1 unspecified atom stereocenters. The number of nitrogens with one attached hydrogen (secondary N) is 2. The van der Waals surface area contributed by atoms with Crippen LogP contribution in [0.5, 0.6) is 0 Å². The summed E-state index contributed by atoms with van der Waals surface area (Å²) < 4.78 is 22.9. The van der Waals surface area contributed by atoms with Crippen LogP contribution >= 0.6 is 11.6 Å². The van der Waals surface area contributed by atoms with E-state index in [4.69, 9.17) is 11.6 Å². The zero-order valence-corrected chi connectivity index (χ0v) is 15.9. The first kappa shape index (κ1) is 19.7. The second-order valence-electron chi connectivity index (χ2n) is 6.83. The molecule has 0 spiro atoms. The van der Waals surface area contributed by atoms with Crippen molar-refractivity contribution in [1.82, 2.24) is 10.6 Å². The molecule has 0 aromatic heterocycles. The van der Waals surface area contributed by atoms with Crippen LogP contribution < -0.4 is 10.6 Å². The molecule has 0 bridgehead atoms. The molecule has 2 rings (SSSR count).